The highest BCUT2D eigenvalue weighted by Gasteiger charge is 2.30. The maximum atomic E-state index is 12.5. The van der Waals surface area contributed by atoms with Gasteiger partial charge in [0.25, 0.3) is 5.91 Å². The van der Waals surface area contributed by atoms with E-state index in [1.807, 2.05) is 43.5 Å². The normalized spacial score (nSPS) is 15.7. The highest BCUT2D eigenvalue weighted by molar-refractivity contribution is 7.98. The van der Waals surface area contributed by atoms with Crippen LogP contribution in [0.3, 0.4) is 0 Å². The Labute approximate surface area is 165 Å². The van der Waals surface area contributed by atoms with Gasteiger partial charge in [-0.2, -0.15) is 0 Å². The number of rotatable bonds is 7. The van der Waals surface area contributed by atoms with E-state index in [4.69, 9.17) is 9.47 Å². The molecule has 2 aromatic carbocycles. The number of methoxy groups -OCH3 is 1. The second kappa shape index (κ2) is 9.04. The van der Waals surface area contributed by atoms with Crippen molar-refractivity contribution >= 4 is 23.4 Å². The number of hydrogen-bond donors (Lipinski definition) is 1. The van der Waals surface area contributed by atoms with Gasteiger partial charge in [-0.15, -0.1) is 11.8 Å². The van der Waals surface area contributed by atoms with E-state index in [0.29, 0.717) is 19.6 Å². The van der Waals surface area contributed by atoms with Crippen LogP contribution in [0.25, 0.3) is 0 Å². The SMILES string of the molecule is CCCNC(=O)C1CN(Cc2ccc(OC)c(SC)c2)c2ccccc2O1. The molecule has 1 unspecified atom stereocenters. The highest BCUT2D eigenvalue weighted by atomic mass is 32.2. The Morgan fingerprint density at radius 1 is 1.33 bits per heavy atom. The van der Waals surface area contributed by atoms with Crippen LogP contribution < -0.4 is 19.7 Å². The molecule has 1 heterocycles. The van der Waals surface area contributed by atoms with Crippen molar-refractivity contribution in [1.82, 2.24) is 5.32 Å². The molecule has 0 aliphatic carbocycles. The van der Waals surface area contributed by atoms with Gasteiger partial charge in [-0.3, -0.25) is 4.79 Å². The van der Waals surface area contributed by atoms with Crippen molar-refractivity contribution < 1.29 is 14.3 Å². The van der Waals surface area contributed by atoms with E-state index in [1.54, 1.807) is 18.9 Å². The summed E-state index contributed by atoms with van der Waals surface area (Å²) in [6.07, 6.45) is 2.44. The van der Waals surface area contributed by atoms with Crippen molar-refractivity contribution in [3.8, 4) is 11.5 Å². The maximum Gasteiger partial charge on any atom is 0.262 e. The fourth-order valence-corrected chi connectivity index (χ4v) is 3.78. The van der Waals surface area contributed by atoms with Crippen LogP contribution in [-0.4, -0.2) is 38.5 Å². The molecule has 1 N–H and O–H groups in total. The number of nitrogens with one attached hydrogen (secondary N) is 1. The van der Waals surface area contributed by atoms with Gasteiger partial charge in [0.15, 0.2) is 6.10 Å². The summed E-state index contributed by atoms with van der Waals surface area (Å²) < 4.78 is 11.4. The van der Waals surface area contributed by atoms with E-state index >= 15 is 0 Å². The third kappa shape index (κ3) is 4.50. The Balaban J connectivity index is 1.83. The summed E-state index contributed by atoms with van der Waals surface area (Å²) in [5, 5.41) is 2.94. The molecule has 2 aromatic rings. The number of benzene rings is 2. The summed E-state index contributed by atoms with van der Waals surface area (Å²) in [5.74, 6) is 1.57. The van der Waals surface area contributed by atoms with Gasteiger partial charge in [-0.1, -0.05) is 25.1 Å². The first-order valence-corrected chi connectivity index (χ1v) is 10.4. The molecule has 144 valence electrons. The lowest BCUT2D eigenvalue weighted by atomic mass is 10.1. The van der Waals surface area contributed by atoms with E-state index in [2.05, 4.69) is 22.3 Å². The number of anilines is 1. The highest BCUT2D eigenvalue weighted by Crippen LogP contribution is 2.35. The minimum absolute atomic E-state index is 0.0594. The second-order valence-electron chi connectivity index (χ2n) is 6.44. The van der Waals surface area contributed by atoms with Crippen LogP contribution >= 0.6 is 11.8 Å². The first-order chi connectivity index (χ1) is 13.2. The van der Waals surface area contributed by atoms with Crippen molar-refractivity contribution in [2.45, 2.75) is 30.9 Å². The molecule has 1 atom stereocenters. The predicted octanol–water partition coefficient (Wildman–Crippen LogP) is 3.71. The monoisotopic (exact) mass is 386 g/mol. The number of para-hydroxylation sites is 2. The molecule has 5 nitrogen and oxygen atoms in total. The van der Waals surface area contributed by atoms with Gasteiger partial charge in [0, 0.05) is 18.0 Å². The van der Waals surface area contributed by atoms with Gasteiger partial charge in [-0.25, -0.2) is 0 Å². The number of hydrogen-bond acceptors (Lipinski definition) is 5. The fraction of sp³-hybridized carbons (Fsp3) is 0.381. The number of carbonyl (C=O) groups is 1. The van der Waals surface area contributed by atoms with Crippen LogP contribution in [0.1, 0.15) is 18.9 Å². The van der Waals surface area contributed by atoms with Crippen molar-refractivity contribution in [3.63, 3.8) is 0 Å². The van der Waals surface area contributed by atoms with Crippen molar-refractivity contribution in [3.05, 3.63) is 48.0 Å². The largest absolute Gasteiger partial charge is 0.496 e. The molecular weight excluding hydrogens is 360 g/mol. The van der Waals surface area contributed by atoms with Gasteiger partial charge in [0.05, 0.1) is 19.3 Å². The van der Waals surface area contributed by atoms with Gasteiger partial charge < -0.3 is 19.7 Å². The molecule has 0 aromatic heterocycles. The van der Waals surface area contributed by atoms with Gasteiger partial charge in [0.1, 0.15) is 11.5 Å². The zero-order chi connectivity index (χ0) is 19.2. The molecule has 0 spiro atoms. The lowest BCUT2D eigenvalue weighted by molar-refractivity contribution is -0.127. The van der Waals surface area contributed by atoms with E-state index in [0.717, 1.165) is 28.5 Å². The fourth-order valence-electron chi connectivity index (χ4n) is 3.15. The number of thioether (sulfide) groups is 1. The van der Waals surface area contributed by atoms with E-state index < -0.39 is 6.10 Å². The lowest BCUT2D eigenvalue weighted by Crippen LogP contribution is -2.48. The Hall–Kier alpha value is -2.34. The standard InChI is InChI=1S/C21H26N2O3S/c1-4-11-22-21(24)19-14-23(16-7-5-6-8-17(16)26-19)13-15-9-10-18(25-2)20(12-15)27-3/h5-10,12,19H,4,11,13-14H2,1-3H3,(H,22,24). The number of amides is 1. The molecule has 1 amide bonds. The zero-order valence-electron chi connectivity index (χ0n) is 16.0. The first-order valence-electron chi connectivity index (χ1n) is 9.15. The topological polar surface area (TPSA) is 50.8 Å². The van der Waals surface area contributed by atoms with Crippen LogP contribution in [0.5, 0.6) is 11.5 Å². The average molecular weight is 387 g/mol. The maximum absolute atomic E-state index is 12.5. The molecule has 0 saturated carbocycles. The van der Waals surface area contributed by atoms with Crippen LogP contribution in [0.15, 0.2) is 47.4 Å². The summed E-state index contributed by atoms with van der Waals surface area (Å²) in [7, 11) is 1.69. The minimum atomic E-state index is -0.510. The first kappa shape index (κ1) is 19.4. The lowest BCUT2D eigenvalue weighted by Gasteiger charge is -2.35. The smallest absolute Gasteiger partial charge is 0.262 e. The molecule has 27 heavy (non-hydrogen) atoms. The van der Waals surface area contributed by atoms with Gasteiger partial charge >= 0.3 is 0 Å². The van der Waals surface area contributed by atoms with Crippen molar-refractivity contribution in [2.24, 2.45) is 0 Å². The zero-order valence-corrected chi connectivity index (χ0v) is 16.8. The minimum Gasteiger partial charge on any atom is -0.496 e. The second-order valence-corrected chi connectivity index (χ2v) is 7.28. The Bertz CT molecular complexity index is 797. The number of carbonyl (C=O) groups excluding carboxylic acids is 1. The third-order valence-electron chi connectivity index (χ3n) is 4.52. The van der Waals surface area contributed by atoms with E-state index in [9.17, 15) is 4.79 Å². The molecular formula is C21H26N2O3S. The van der Waals surface area contributed by atoms with Crippen LogP contribution in [-0.2, 0) is 11.3 Å². The Kier molecular flexibility index (Phi) is 6.50. The summed E-state index contributed by atoms with van der Waals surface area (Å²) in [6.45, 7) is 3.93. The number of fused-ring (bicyclic) bond motifs is 1. The Morgan fingerprint density at radius 2 is 2.15 bits per heavy atom. The predicted molar refractivity (Wildman–Crippen MR) is 110 cm³/mol. The molecule has 0 fully saturated rings. The quantitative estimate of drug-likeness (QED) is 0.735. The molecule has 3 rings (SSSR count). The van der Waals surface area contributed by atoms with E-state index in [-0.39, 0.29) is 5.91 Å². The molecule has 0 bridgehead atoms. The number of ether oxygens (including phenoxy) is 2. The van der Waals surface area contributed by atoms with Crippen LogP contribution in [0.2, 0.25) is 0 Å². The number of nitrogens with zero attached hydrogens (tertiary/aromatic N) is 1. The van der Waals surface area contributed by atoms with Gasteiger partial charge in [0.2, 0.25) is 0 Å². The van der Waals surface area contributed by atoms with Crippen molar-refractivity contribution in [1.29, 1.82) is 0 Å². The summed E-state index contributed by atoms with van der Waals surface area (Å²) in [6, 6.07) is 14.1. The van der Waals surface area contributed by atoms with Gasteiger partial charge in [-0.05, 0) is 42.5 Å². The summed E-state index contributed by atoms with van der Waals surface area (Å²) in [4.78, 5) is 15.8. The third-order valence-corrected chi connectivity index (χ3v) is 5.28. The Morgan fingerprint density at radius 3 is 2.89 bits per heavy atom. The molecule has 1 aliphatic rings. The summed E-state index contributed by atoms with van der Waals surface area (Å²) in [5.41, 5.74) is 2.18. The van der Waals surface area contributed by atoms with E-state index in [1.165, 1.54) is 5.56 Å². The van der Waals surface area contributed by atoms with Crippen LogP contribution in [0.4, 0.5) is 5.69 Å². The molecule has 0 saturated heterocycles. The molecule has 1 aliphatic heterocycles. The average Bonchev–Trinajstić information content (AvgIpc) is 2.71. The van der Waals surface area contributed by atoms with Crippen LogP contribution in [0, 0.1) is 0 Å². The van der Waals surface area contributed by atoms with Crippen molar-refractivity contribution in [2.75, 3.05) is 31.4 Å². The summed E-state index contributed by atoms with van der Waals surface area (Å²) >= 11 is 1.66. The molecule has 6 heteroatoms. The molecule has 0 radical (unpaired) electrons.